The van der Waals surface area contributed by atoms with Crippen molar-refractivity contribution in [3.63, 3.8) is 0 Å². The highest BCUT2D eigenvalue weighted by Gasteiger charge is 2.25. The number of carbonyl (C=O) groups is 1. The lowest BCUT2D eigenvalue weighted by molar-refractivity contribution is 0.0921. The van der Waals surface area contributed by atoms with E-state index in [0.29, 0.717) is 5.56 Å². The van der Waals surface area contributed by atoms with Crippen molar-refractivity contribution in [1.82, 2.24) is 25.4 Å². The first-order valence-corrected chi connectivity index (χ1v) is 9.48. The van der Waals surface area contributed by atoms with E-state index in [-0.39, 0.29) is 42.8 Å². The van der Waals surface area contributed by atoms with Gasteiger partial charge in [-0.15, -0.1) is 24.8 Å². The number of nitrogens with one attached hydrogen (secondary N) is 2. The molecule has 3 aromatic rings. The number of amides is 1. The fraction of sp³-hybridized carbons (Fsp3) is 0.381. The molecule has 1 saturated heterocycles. The minimum atomic E-state index is -0.0590. The number of carbonyl (C=O) groups excluding carboxylic acids is 1. The SMILES string of the molecule is Cc1nn(C)c2nc(-c3ccccc3)cc(C(=O)NC3CCCNC3C)c12.Cl.Cl. The first-order chi connectivity index (χ1) is 13.0. The Morgan fingerprint density at radius 2 is 1.97 bits per heavy atom. The molecule has 3 heterocycles. The van der Waals surface area contributed by atoms with Crippen LogP contribution in [0.2, 0.25) is 0 Å². The van der Waals surface area contributed by atoms with E-state index in [9.17, 15) is 4.79 Å². The van der Waals surface area contributed by atoms with Gasteiger partial charge < -0.3 is 10.6 Å². The second-order valence-electron chi connectivity index (χ2n) is 7.29. The predicted octanol–water partition coefficient (Wildman–Crippen LogP) is 3.66. The molecule has 2 unspecified atom stereocenters. The van der Waals surface area contributed by atoms with Crippen LogP contribution >= 0.6 is 24.8 Å². The Kier molecular flexibility index (Phi) is 7.63. The highest BCUT2D eigenvalue weighted by Crippen LogP contribution is 2.27. The third kappa shape index (κ3) is 4.55. The number of hydrogen-bond donors (Lipinski definition) is 2. The standard InChI is InChI=1S/C21H25N5O.2ClH/c1-13-17(10-7-11-22-13)24-21(27)16-12-18(15-8-5-4-6-9-15)23-20-19(16)14(2)25-26(20)3;;/h4-6,8-9,12-13,17,22H,7,10-11H2,1-3H3,(H,24,27);2*1H. The van der Waals surface area contributed by atoms with Gasteiger partial charge in [-0.25, -0.2) is 4.98 Å². The van der Waals surface area contributed by atoms with Gasteiger partial charge in [-0.05, 0) is 39.3 Å². The van der Waals surface area contributed by atoms with Crippen LogP contribution in [0.5, 0.6) is 0 Å². The fourth-order valence-corrected chi connectivity index (χ4v) is 3.87. The maximum absolute atomic E-state index is 13.2. The van der Waals surface area contributed by atoms with E-state index in [0.717, 1.165) is 47.4 Å². The third-order valence-electron chi connectivity index (χ3n) is 5.36. The molecule has 0 radical (unpaired) electrons. The van der Waals surface area contributed by atoms with Crippen molar-refractivity contribution < 1.29 is 4.79 Å². The number of pyridine rings is 1. The van der Waals surface area contributed by atoms with Crippen molar-refractivity contribution in [2.75, 3.05) is 6.54 Å². The van der Waals surface area contributed by atoms with Crippen molar-refractivity contribution in [3.05, 3.63) is 47.7 Å². The van der Waals surface area contributed by atoms with Crippen LogP contribution in [0.25, 0.3) is 22.3 Å². The van der Waals surface area contributed by atoms with E-state index >= 15 is 0 Å². The number of rotatable bonds is 3. The van der Waals surface area contributed by atoms with E-state index in [1.807, 2.05) is 50.4 Å². The zero-order chi connectivity index (χ0) is 19.0. The molecule has 2 atom stereocenters. The molecular formula is C21H27Cl2N5O. The van der Waals surface area contributed by atoms with Gasteiger partial charge in [0.2, 0.25) is 0 Å². The Labute approximate surface area is 183 Å². The van der Waals surface area contributed by atoms with Crippen molar-refractivity contribution in [1.29, 1.82) is 0 Å². The van der Waals surface area contributed by atoms with E-state index < -0.39 is 0 Å². The molecule has 1 aliphatic rings. The molecule has 1 aliphatic heterocycles. The van der Waals surface area contributed by atoms with Gasteiger partial charge in [0.05, 0.1) is 22.3 Å². The number of hydrogen-bond acceptors (Lipinski definition) is 4. The van der Waals surface area contributed by atoms with E-state index in [4.69, 9.17) is 4.98 Å². The molecule has 156 valence electrons. The fourth-order valence-electron chi connectivity index (χ4n) is 3.87. The number of aryl methyl sites for hydroxylation is 2. The molecular weight excluding hydrogens is 409 g/mol. The number of aromatic nitrogens is 3. The summed E-state index contributed by atoms with van der Waals surface area (Å²) >= 11 is 0. The maximum atomic E-state index is 13.2. The van der Waals surface area contributed by atoms with Crippen LogP contribution in [0.4, 0.5) is 0 Å². The van der Waals surface area contributed by atoms with Gasteiger partial charge in [-0.2, -0.15) is 5.10 Å². The minimum absolute atomic E-state index is 0. The van der Waals surface area contributed by atoms with Crippen LogP contribution in [-0.2, 0) is 7.05 Å². The van der Waals surface area contributed by atoms with Crippen molar-refractivity contribution in [2.45, 2.75) is 38.8 Å². The van der Waals surface area contributed by atoms with Crippen LogP contribution in [0.1, 0.15) is 35.8 Å². The Balaban J connectivity index is 0.00000150. The predicted molar refractivity (Wildman–Crippen MR) is 121 cm³/mol. The van der Waals surface area contributed by atoms with Crippen LogP contribution in [0.3, 0.4) is 0 Å². The topological polar surface area (TPSA) is 71.8 Å². The van der Waals surface area contributed by atoms with Gasteiger partial charge in [-0.1, -0.05) is 30.3 Å². The summed E-state index contributed by atoms with van der Waals surface area (Å²) in [6, 6.07) is 12.2. The second-order valence-corrected chi connectivity index (χ2v) is 7.29. The molecule has 0 aliphatic carbocycles. The number of benzene rings is 1. The monoisotopic (exact) mass is 435 g/mol. The van der Waals surface area contributed by atoms with Crippen LogP contribution in [0.15, 0.2) is 36.4 Å². The average molecular weight is 436 g/mol. The van der Waals surface area contributed by atoms with E-state index in [1.54, 1.807) is 4.68 Å². The molecule has 0 spiro atoms. The van der Waals surface area contributed by atoms with Crippen LogP contribution in [0, 0.1) is 6.92 Å². The summed E-state index contributed by atoms with van der Waals surface area (Å²) in [4.78, 5) is 18.0. The number of piperidine rings is 1. The van der Waals surface area contributed by atoms with Gasteiger partial charge >= 0.3 is 0 Å². The Bertz CT molecular complexity index is 990. The van der Waals surface area contributed by atoms with Crippen LogP contribution in [-0.4, -0.2) is 39.3 Å². The molecule has 29 heavy (non-hydrogen) atoms. The normalized spacial score (nSPS) is 18.6. The molecule has 1 fully saturated rings. The molecule has 6 nitrogen and oxygen atoms in total. The summed E-state index contributed by atoms with van der Waals surface area (Å²) in [5, 5.41) is 12.0. The molecule has 8 heteroatoms. The average Bonchev–Trinajstić information content (AvgIpc) is 2.97. The lowest BCUT2D eigenvalue weighted by Gasteiger charge is -2.30. The summed E-state index contributed by atoms with van der Waals surface area (Å²) in [5.41, 5.74) is 3.96. The zero-order valence-electron chi connectivity index (χ0n) is 16.8. The summed E-state index contributed by atoms with van der Waals surface area (Å²) < 4.78 is 1.75. The summed E-state index contributed by atoms with van der Waals surface area (Å²) in [7, 11) is 1.87. The van der Waals surface area contributed by atoms with Gasteiger partial charge in [0.25, 0.3) is 5.91 Å². The zero-order valence-corrected chi connectivity index (χ0v) is 18.4. The third-order valence-corrected chi connectivity index (χ3v) is 5.36. The molecule has 0 bridgehead atoms. The smallest absolute Gasteiger partial charge is 0.252 e. The highest BCUT2D eigenvalue weighted by molar-refractivity contribution is 6.07. The maximum Gasteiger partial charge on any atom is 0.252 e. The lowest BCUT2D eigenvalue weighted by atomic mass is 9.98. The van der Waals surface area contributed by atoms with Gasteiger partial charge in [0, 0.05) is 24.7 Å². The number of halogens is 2. The van der Waals surface area contributed by atoms with Crippen molar-refractivity contribution in [2.24, 2.45) is 7.05 Å². The van der Waals surface area contributed by atoms with Crippen LogP contribution < -0.4 is 10.6 Å². The van der Waals surface area contributed by atoms with Gasteiger partial charge in [-0.3, -0.25) is 9.48 Å². The largest absolute Gasteiger partial charge is 0.348 e. The molecule has 2 N–H and O–H groups in total. The Hall–Kier alpha value is -2.15. The molecule has 0 saturated carbocycles. The quantitative estimate of drug-likeness (QED) is 0.658. The second kappa shape index (κ2) is 9.57. The number of nitrogens with zero attached hydrogens (tertiary/aromatic N) is 3. The van der Waals surface area contributed by atoms with E-state index in [1.165, 1.54) is 0 Å². The Morgan fingerprint density at radius 3 is 2.66 bits per heavy atom. The molecule has 2 aromatic heterocycles. The summed E-state index contributed by atoms with van der Waals surface area (Å²) in [6.07, 6.45) is 2.06. The lowest BCUT2D eigenvalue weighted by Crippen LogP contribution is -2.51. The first kappa shape index (κ1) is 23.1. The minimum Gasteiger partial charge on any atom is -0.348 e. The molecule has 1 amide bonds. The number of fused-ring (bicyclic) bond motifs is 1. The van der Waals surface area contributed by atoms with E-state index in [2.05, 4.69) is 22.7 Å². The molecule has 4 rings (SSSR count). The summed E-state index contributed by atoms with van der Waals surface area (Å²) in [6.45, 7) is 5.05. The van der Waals surface area contributed by atoms with Crippen molar-refractivity contribution in [3.8, 4) is 11.3 Å². The van der Waals surface area contributed by atoms with Crippen molar-refractivity contribution >= 4 is 41.8 Å². The Morgan fingerprint density at radius 1 is 1.24 bits per heavy atom. The highest BCUT2D eigenvalue weighted by atomic mass is 35.5. The molecule has 1 aromatic carbocycles. The first-order valence-electron chi connectivity index (χ1n) is 9.48. The van der Waals surface area contributed by atoms with Gasteiger partial charge in [0.15, 0.2) is 5.65 Å². The summed E-state index contributed by atoms with van der Waals surface area (Å²) in [5.74, 6) is -0.0590. The van der Waals surface area contributed by atoms with Gasteiger partial charge in [0.1, 0.15) is 0 Å².